The van der Waals surface area contributed by atoms with Gasteiger partial charge in [0.1, 0.15) is 11.2 Å². The minimum atomic E-state index is 0.884. The molecule has 0 amide bonds. The zero-order valence-corrected chi connectivity index (χ0v) is 31.8. The molecule has 8 aromatic carbocycles. The van der Waals surface area contributed by atoms with Crippen LogP contribution >= 0.6 is 0 Å². The normalized spacial score (nSPS) is 11.9. The Kier molecular flexibility index (Phi) is 7.08. The van der Waals surface area contributed by atoms with Crippen LogP contribution in [0.3, 0.4) is 0 Å². The van der Waals surface area contributed by atoms with Crippen molar-refractivity contribution < 1.29 is 4.42 Å². The van der Waals surface area contributed by atoms with E-state index in [1.165, 1.54) is 65.9 Å². The number of rotatable bonds is 5. The highest BCUT2D eigenvalue weighted by Gasteiger charge is 2.19. The molecule has 0 aliphatic rings. The molecule has 0 unspecified atom stereocenters. The summed E-state index contributed by atoms with van der Waals surface area (Å²) in [6.07, 6.45) is 0. The van der Waals surface area contributed by atoms with Crippen LogP contribution in [0.1, 0.15) is 22.3 Å². The van der Waals surface area contributed by atoms with Gasteiger partial charge in [-0.25, -0.2) is 0 Å². The van der Waals surface area contributed by atoms with Gasteiger partial charge >= 0.3 is 0 Å². The Morgan fingerprint density at radius 1 is 0.339 bits per heavy atom. The first-order valence-corrected chi connectivity index (χ1v) is 19.3. The van der Waals surface area contributed by atoms with Crippen LogP contribution < -0.4 is 4.90 Å². The number of nitrogens with zero attached hydrogens (tertiary/aromatic N) is 3. The second-order valence-corrected chi connectivity index (χ2v) is 15.4. The van der Waals surface area contributed by atoms with E-state index in [1.807, 2.05) is 12.1 Å². The topological polar surface area (TPSA) is 26.2 Å². The third-order valence-corrected chi connectivity index (χ3v) is 11.5. The summed E-state index contributed by atoms with van der Waals surface area (Å²) >= 11 is 0. The molecule has 0 spiro atoms. The summed E-state index contributed by atoms with van der Waals surface area (Å²) in [5.74, 6) is 0. The number of anilines is 3. The molecule has 11 aromatic rings. The van der Waals surface area contributed by atoms with Gasteiger partial charge in [0.15, 0.2) is 0 Å². The Morgan fingerprint density at radius 2 is 0.732 bits per heavy atom. The Bertz CT molecular complexity index is 3050. The van der Waals surface area contributed by atoms with E-state index in [9.17, 15) is 0 Å². The number of benzene rings is 8. The van der Waals surface area contributed by atoms with Gasteiger partial charge in [0.2, 0.25) is 0 Å². The van der Waals surface area contributed by atoms with Crippen LogP contribution in [0, 0.1) is 27.7 Å². The van der Waals surface area contributed by atoms with E-state index < -0.39 is 0 Å². The highest BCUT2D eigenvalue weighted by Crippen LogP contribution is 2.41. The van der Waals surface area contributed by atoms with E-state index in [2.05, 4.69) is 193 Å². The number of aryl methyl sites for hydroxylation is 4. The van der Waals surface area contributed by atoms with Crippen LogP contribution in [-0.2, 0) is 0 Å². The van der Waals surface area contributed by atoms with Crippen molar-refractivity contribution in [2.75, 3.05) is 4.90 Å². The molecule has 56 heavy (non-hydrogen) atoms. The number of para-hydroxylation sites is 1. The molecule has 0 bridgehead atoms. The lowest BCUT2D eigenvalue weighted by molar-refractivity contribution is 0.669. The fourth-order valence-electron chi connectivity index (χ4n) is 8.86. The smallest absolute Gasteiger partial charge is 0.135 e. The number of hydrogen-bond acceptors (Lipinski definition) is 2. The van der Waals surface area contributed by atoms with Crippen LogP contribution in [0.4, 0.5) is 17.1 Å². The van der Waals surface area contributed by atoms with Crippen molar-refractivity contribution in [1.29, 1.82) is 0 Å². The highest BCUT2D eigenvalue weighted by atomic mass is 16.3. The highest BCUT2D eigenvalue weighted by molar-refractivity contribution is 6.11. The zero-order valence-electron chi connectivity index (χ0n) is 31.8. The number of hydrogen-bond donors (Lipinski definition) is 0. The fraction of sp³-hybridized carbons (Fsp3) is 0.0769. The maximum atomic E-state index is 6.26. The maximum absolute atomic E-state index is 6.26. The van der Waals surface area contributed by atoms with Gasteiger partial charge in [-0.3, -0.25) is 0 Å². The maximum Gasteiger partial charge on any atom is 0.135 e. The molecular weight excluding hydrogens is 683 g/mol. The SMILES string of the molecule is Cc1ccc2c(c1)c1cc(C)ccc1n2-c1ccc(N(c2ccc(-n3c4ccc(C)cc4c4cc(C)ccc43)cc2)c2ccc3oc4ccccc4c3c2)cc1. The third kappa shape index (κ3) is 4.99. The van der Waals surface area contributed by atoms with E-state index in [0.717, 1.165) is 50.4 Å². The molecule has 0 radical (unpaired) electrons. The first-order chi connectivity index (χ1) is 27.4. The predicted octanol–water partition coefficient (Wildman–Crippen LogP) is 14.5. The summed E-state index contributed by atoms with van der Waals surface area (Å²) in [5.41, 5.74) is 17.2. The number of furan rings is 1. The van der Waals surface area contributed by atoms with Gasteiger partial charge < -0.3 is 18.5 Å². The standard InChI is InChI=1S/C52H39N3O/c1-32-9-22-47-42(27-32)43-28-33(2)10-23-48(43)54(47)38-17-13-36(14-18-38)53(40-21-26-52-46(31-40)41-7-5-6-8-51(41)56-52)37-15-19-39(20-16-37)55-49-24-11-34(3)29-44(49)45-30-35(4)12-25-50(45)55/h5-31H,1-4H3. The minimum Gasteiger partial charge on any atom is -0.456 e. The summed E-state index contributed by atoms with van der Waals surface area (Å²) in [6, 6.07) is 59.9. The Balaban J connectivity index is 1.07. The van der Waals surface area contributed by atoms with Gasteiger partial charge in [0.25, 0.3) is 0 Å². The molecule has 11 rings (SSSR count). The third-order valence-electron chi connectivity index (χ3n) is 11.5. The first-order valence-electron chi connectivity index (χ1n) is 19.3. The van der Waals surface area contributed by atoms with Crippen molar-refractivity contribution in [3.05, 3.63) is 186 Å². The first kappa shape index (κ1) is 32.4. The van der Waals surface area contributed by atoms with Crippen molar-refractivity contribution in [2.45, 2.75) is 27.7 Å². The van der Waals surface area contributed by atoms with E-state index in [1.54, 1.807) is 0 Å². The average Bonchev–Trinajstić information content (AvgIpc) is 3.85. The molecule has 268 valence electrons. The average molecular weight is 722 g/mol. The predicted molar refractivity (Wildman–Crippen MR) is 236 cm³/mol. The van der Waals surface area contributed by atoms with Gasteiger partial charge in [-0.15, -0.1) is 0 Å². The van der Waals surface area contributed by atoms with E-state index in [4.69, 9.17) is 4.42 Å². The van der Waals surface area contributed by atoms with E-state index in [0.29, 0.717) is 0 Å². The fourth-order valence-corrected chi connectivity index (χ4v) is 8.86. The van der Waals surface area contributed by atoms with Gasteiger partial charge in [-0.2, -0.15) is 0 Å². The number of fused-ring (bicyclic) bond motifs is 9. The second kappa shape index (κ2) is 12.2. The molecule has 4 heteroatoms. The van der Waals surface area contributed by atoms with Crippen LogP contribution in [0.15, 0.2) is 168 Å². The molecule has 0 N–H and O–H groups in total. The lowest BCUT2D eigenvalue weighted by Gasteiger charge is -2.26. The van der Waals surface area contributed by atoms with Crippen molar-refractivity contribution in [3.8, 4) is 11.4 Å². The summed E-state index contributed by atoms with van der Waals surface area (Å²) in [4.78, 5) is 2.35. The molecule has 0 saturated carbocycles. The van der Waals surface area contributed by atoms with Gasteiger partial charge in [-0.1, -0.05) is 64.7 Å². The van der Waals surface area contributed by atoms with Gasteiger partial charge in [0, 0.05) is 60.8 Å². The van der Waals surface area contributed by atoms with Crippen LogP contribution in [0.25, 0.3) is 76.9 Å². The van der Waals surface area contributed by atoms with Crippen molar-refractivity contribution >= 4 is 82.6 Å². The van der Waals surface area contributed by atoms with Crippen LogP contribution in [-0.4, -0.2) is 9.13 Å². The Morgan fingerprint density at radius 3 is 1.18 bits per heavy atom. The molecule has 0 saturated heterocycles. The summed E-state index contributed by atoms with van der Waals surface area (Å²) in [7, 11) is 0. The minimum absolute atomic E-state index is 0.884. The Hall–Kier alpha value is -7.04. The Labute approximate surface area is 325 Å². The summed E-state index contributed by atoms with van der Waals surface area (Å²) in [5, 5.41) is 7.34. The zero-order chi connectivity index (χ0) is 37.7. The molecular formula is C52H39N3O. The number of aromatic nitrogens is 2. The second-order valence-electron chi connectivity index (χ2n) is 15.4. The van der Waals surface area contributed by atoms with Gasteiger partial charge in [0.05, 0.1) is 22.1 Å². The lowest BCUT2D eigenvalue weighted by atomic mass is 10.1. The molecule has 0 aliphatic heterocycles. The van der Waals surface area contributed by atoms with Gasteiger partial charge in [-0.05, 0) is 149 Å². The van der Waals surface area contributed by atoms with E-state index >= 15 is 0 Å². The monoisotopic (exact) mass is 721 g/mol. The van der Waals surface area contributed by atoms with Crippen molar-refractivity contribution in [3.63, 3.8) is 0 Å². The largest absolute Gasteiger partial charge is 0.456 e. The molecule has 0 atom stereocenters. The lowest BCUT2D eigenvalue weighted by Crippen LogP contribution is -2.10. The molecule has 0 fully saturated rings. The summed E-state index contributed by atoms with van der Waals surface area (Å²) in [6.45, 7) is 8.68. The van der Waals surface area contributed by atoms with Crippen molar-refractivity contribution in [2.24, 2.45) is 0 Å². The molecule has 0 aliphatic carbocycles. The molecule has 4 nitrogen and oxygen atoms in total. The summed E-state index contributed by atoms with van der Waals surface area (Å²) < 4.78 is 11.0. The van der Waals surface area contributed by atoms with Crippen LogP contribution in [0.2, 0.25) is 0 Å². The van der Waals surface area contributed by atoms with E-state index in [-0.39, 0.29) is 0 Å². The molecule has 3 heterocycles. The molecule has 3 aromatic heterocycles. The quantitative estimate of drug-likeness (QED) is 0.177. The van der Waals surface area contributed by atoms with Crippen molar-refractivity contribution in [1.82, 2.24) is 9.13 Å². The van der Waals surface area contributed by atoms with Crippen LogP contribution in [0.5, 0.6) is 0 Å².